The Morgan fingerprint density at radius 3 is 2.64 bits per heavy atom. The lowest BCUT2D eigenvalue weighted by Gasteiger charge is -1.94. The summed E-state index contributed by atoms with van der Waals surface area (Å²) in [5, 5.41) is 27.7. The maximum Gasteiger partial charge on any atom is 0.269 e. The predicted molar refractivity (Wildman–Crippen MR) is 40.7 cm³/mol. The molecule has 0 fully saturated rings. The highest BCUT2D eigenvalue weighted by Crippen LogP contribution is 1.93. The third-order valence-corrected chi connectivity index (χ3v) is 1.30. The van der Waals surface area contributed by atoms with Crippen LogP contribution in [-0.2, 0) is 11.2 Å². The first-order valence-corrected chi connectivity index (χ1v) is 3.60. The number of anilines is 1. The van der Waals surface area contributed by atoms with E-state index in [1.807, 2.05) is 0 Å². The van der Waals surface area contributed by atoms with Crippen molar-refractivity contribution in [2.75, 3.05) is 5.32 Å². The molecule has 0 aliphatic heterocycles. The third kappa shape index (κ3) is 1.85. The highest BCUT2D eigenvalue weighted by atomic mass is 16.1. The lowest BCUT2D eigenvalue weighted by molar-refractivity contribution is -0.115. The van der Waals surface area contributed by atoms with Crippen LogP contribution in [0.5, 0.6) is 0 Å². The Hall–Kier alpha value is -2.39. The Kier molecular flexibility index (Phi) is 2.09. The van der Waals surface area contributed by atoms with Gasteiger partial charge < -0.3 is 0 Å². The topological polar surface area (TPSA) is 138 Å². The van der Waals surface area contributed by atoms with Crippen LogP contribution in [-0.4, -0.2) is 47.2 Å². The van der Waals surface area contributed by atoms with Gasteiger partial charge in [-0.3, -0.25) is 10.1 Å². The summed E-state index contributed by atoms with van der Waals surface area (Å²) in [6, 6.07) is 0. The fraction of sp³-hybridized carbons (Fsp3) is 0.250. The molecule has 10 heteroatoms. The fourth-order valence-corrected chi connectivity index (χ4v) is 0.785. The number of carbonyl (C=O) groups excluding carboxylic acids is 1. The number of rotatable bonds is 3. The van der Waals surface area contributed by atoms with Gasteiger partial charge in [0, 0.05) is 0 Å². The van der Waals surface area contributed by atoms with Gasteiger partial charge in [-0.25, -0.2) is 0 Å². The van der Waals surface area contributed by atoms with Crippen LogP contribution in [0, 0.1) is 0 Å². The molecule has 0 spiro atoms. The van der Waals surface area contributed by atoms with Crippen LogP contribution in [0.3, 0.4) is 0 Å². The number of carbonyl (C=O) groups is 1. The minimum absolute atomic E-state index is 0.00500. The lowest BCUT2D eigenvalue weighted by atomic mass is 10.4. The van der Waals surface area contributed by atoms with Crippen LogP contribution < -0.4 is 5.32 Å². The van der Waals surface area contributed by atoms with Gasteiger partial charge in [-0.05, 0) is 5.21 Å². The average molecular weight is 195 g/mol. The van der Waals surface area contributed by atoms with Gasteiger partial charge in [-0.15, -0.1) is 15.3 Å². The second-order valence-corrected chi connectivity index (χ2v) is 2.29. The van der Waals surface area contributed by atoms with Gasteiger partial charge in [0.1, 0.15) is 0 Å². The molecule has 3 N–H and O–H groups in total. The Morgan fingerprint density at radius 1 is 1.21 bits per heavy atom. The highest BCUT2D eigenvalue weighted by Gasteiger charge is 2.09. The van der Waals surface area contributed by atoms with Crippen molar-refractivity contribution in [1.82, 2.24) is 41.2 Å². The fourth-order valence-electron chi connectivity index (χ4n) is 0.785. The molecular weight excluding hydrogens is 190 g/mol. The molecule has 0 unspecified atom stereocenters. The first-order valence-electron chi connectivity index (χ1n) is 3.60. The molecule has 14 heavy (non-hydrogen) atoms. The van der Waals surface area contributed by atoms with Gasteiger partial charge in [0.25, 0.3) is 5.95 Å². The van der Waals surface area contributed by atoms with E-state index in [1.54, 1.807) is 0 Å². The normalized spacial score (nSPS) is 10.0. The highest BCUT2D eigenvalue weighted by molar-refractivity contribution is 5.89. The van der Waals surface area contributed by atoms with Crippen LogP contribution in [0.25, 0.3) is 0 Å². The molecule has 0 saturated heterocycles. The molecule has 0 saturated carbocycles. The van der Waals surface area contributed by atoms with Crippen LogP contribution in [0.15, 0.2) is 0 Å². The minimum Gasteiger partial charge on any atom is -0.291 e. The molecule has 2 heterocycles. The van der Waals surface area contributed by atoms with Crippen LogP contribution in [0.2, 0.25) is 0 Å². The molecule has 0 aromatic carbocycles. The first-order chi connectivity index (χ1) is 6.84. The van der Waals surface area contributed by atoms with E-state index in [1.165, 1.54) is 0 Å². The van der Waals surface area contributed by atoms with Crippen molar-refractivity contribution in [2.24, 2.45) is 0 Å². The van der Waals surface area contributed by atoms with Crippen molar-refractivity contribution >= 4 is 11.9 Å². The molecular formula is C4H5N9O. The zero-order chi connectivity index (χ0) is 9.80. The van der Waals surface area contributed by atoms with Gasteiger partial charge in [0.2, 0.25) is 5.91 Å². The number of amides is 1. The molecule has 1 amide bonds. The summed E-state index contributed by atoms with van der Waals surface area (Å²) in [6.07, 6.45) is 0.00500. The Balaban J connectivity index is 1.91. The van der Waals surface area contributed by atoms with E-state index in [0.29, 0.717) is 5.82 Å². The zero-order valence-corrected chi connectivity index (χ0v) is 6.80. The van der Waals surface area contributed by atoms with Gasteiger partial charge in [0.15, 0.2) is 5.82 Å². The van der Waals surface area contributed by atoms with Crippen LogP contribution in [0.1, 0.15) is 5.82 Å². The third-order valence-electron chi connectivity index (χ3n) is 1.30. The molecule has 0 bridgehead atoms. The Bertz CT molecular complexity index is 352. The minimum atomic E-state index is -0.340. The number of aromatic amines is 2. The number of hydrogen-bond donors (Lipinski definition) is 3. The molecule has 2 rings (SSSR count). The van der Waals surface area contributed by atoms with E-state index in [4.69, 9.17) is 0 Å². The second kappa shape index (κ2) is 3.55. The van der Waals surface area contributed by atoms with E-state index in [9.17, 15) is 4.79 Å². The molecule has 0 radical (unpaired) electrons. The number of hydrogen-bond acceptors (Lipinski definition) is 7. The average Bonchev–Trinajstić information content (AvgIpc) is 2.76. The van der Waals surface area contributed by atoms with Crippen molar-refractivity contribution < 1.29 is 4.79 Å². The van der Waals surface area contributed by atoms with Gasteiger partial charge >= 0.3 is 0 Å². The van der Waals surface area contributed by atoms with E-state index < -0.39 is 0 Å². The largest absolute Gasteiger partial charge is 0.291 e. The van der Waals surface area contributed by atoms with Crippen molar-refractivity contribution in [3.63, 3.8) is 0 Å². The maximum atomic E-state index is 11.2. The van der Waals surface area contributed by atoms with Crippen molar-refractivity contribution in [2.45, 2.75) is 6.42 Å². The number of tetrazole rings is 2. The summed E-state index contributed by atoms with van der Waals surface area (Å²) >= 11 is 0. The SMILES string of the molecule is O=C(Cc1nn[nH]n1)Nc1nn[nH]n1. The van der Waals surface area contributed by atoms with E-state index in [-0.39, 0.29) is 18.3 Å². The summed E-state index contributed by atoms with van der Waals surface area (Å²) in [7, 11) is 0. The maximum absolute atomic E-state index is 11.2. The molecule has 0 aliphatic carbocycles. The molecule has 2 aromatic heterocycles. The summed E-state index contributed by atoms with van der Waals surface area (Å²) in [5.74, 6) is 0.0669. The second-order valence-electron chi connectivity index (χ2n) is 2.29. The molecule has 10 nitrogen and oxygen atoms in total. The van der Waals surface area contributed by atoms with E-state index in [2.05, 4.69) is 46.6 Å². The smallest absolute Gasteiger partial charge is 0.269 e. The van der Waals surface area contributed by atoms with Crippen LogP contribution in [0.4, 0.5) is 5.95 Å². The molecule has 0 aliphatic rings. The van der Waals surface area contributed by atoms with Gasteiger partial charge in [-0.1, -0.05) is 10.3 Å². The first kappa shape index (κ1) is 8.22. The predicted octanol–water partition coefficient (Wildman–Crippen LogP) is -2.11. The standard InChI is InChI=1S/C4H5N9O/c14-3(1-2-6-10-11-7-2)5-4-8-12-13-9-4/h1H2,(H,6,7,10,11)(H2,5,8,9,12,13,14). The van der Waals surface area contributed by atoms with E-state index in [0.717, 1.165) is 0 Å². The molecule has 0 atom stereocenters. The molecule has 2 aromatic rings. The summed E-state index contributed by atoms with van der Waals surface area (Å²) < 4.78 is 0. The number of aromatic nitrogens is 8. The summed E-state index contributed by atoms with van der Waals surface area (Å²) in [4.78, 5) is 11.2. The molecule has 72 valence electrons. The summed E-state index contributed by atoms with van der Waals surface area (Å²) in [6.45, 7) is 0. The number of H-pyrrole nitrogens is 2. The van der Waals surface area contributed by atoms with Crippen molar-refractivity contribution in [1.29, 1.82) is 0 Å². The number of nitrogens with zero attached hydrogens (tertiary/aromatic N) is 6. The summed E-state index contributed by atoms with van der Waals surface area (Å²) in [5.41, 5.74) is 0. The Labute approximate surface area is 76.5 Å². The quantitative estimate of drug-likeness (QED) is 0.509. The van der Waals surface area contributed by atoms with Gasteiger partial charge in [-0.2, -0.15) is 10.4 Å². The van der Waals surface area contributed by atoms with Crippen molar-refractivity contribution in [3.05, 3.63) is 5.82 Å². The van der Waals surface area contributed by atoms with Crippen LogP contribution >= 0.6 is 0 Å². The monoisotopic (exact) mass is 195 g/mol. The van der Waals surface area contributed by atoms with E-state index >= 15 is 0 Å². The van der Waals surface area contributed by atoms with Crippen molar-refractivity contribution in [3.8, 4) is 0 Å². The van der Waals surface area contributed by atoms with Gasteiger partial charge in [0.05, 0.1) is 6.42 Å². The zero-order valence-electron chi connectivity index (χ0n) is 6.80. The Morgan fingerprint density at radius 2 is 2.00 bits per heavy atom. The number of nitrogens with one attached hydrogen (secondary N) is 3. The lowest BCUT2D eigenvalue weighted by Crippen LogP contribution is -2.16.